The lowest BCUT2D eigenvalue weighted by Gasteiger charge is -2.34. The van der Waals surface area contributed by atoms with Crippen LogP contribution in [-0.2, 0) is 4.52 Å². The van der Waals surface area contributed by atoms with Gasteiger partial charge in [0.05, 0.1) is 30.5 Å². The van der Waals surface area contributed by atoms with Crippen molar-refractivity contribution < 1.29 is 19.0 Å². The first-order valence-corrected chi connectivity index (χ1v) is 9.21. The van der Waals surface area contributed by atoms with Crippen molar-refractivity contribution in [3.8, 4) is 11.8 Å². The van der Waals surface area contributed by atoms with Crippen LogP contribution < -0.4 is 9.64 Å². The van der Waals surface area contributed by atoms with E-state index in [2.05, 4.69) is 16.0 Å². The molecule has 0 aliphatic carbocycles. The molecule has 1 saturated heterocycles. The van der Waals surface area contributed by atoms with E-state index in [0.29, 0.717) is 18.1 Å². The molecule has 25 heavy (non-hydrogen) atoms. The van der Waals surface area contributed by atoms with Gasteiger partial charge in [0.1, 0.15) is 11.8 Å². The monoisotopic (exact) mass is 361 g/mol. The van der Waals surface area contributed by atoms with Crippen molar-refractivity contribution in [2.45, 2.75) is 12.8 Å². The van der Waals surface area contributed by atoms with Gasteiger partial charge in [0.25, 0.3) is 0 Å². The van der Waals surface area contributed by atoms with Gasteiger partial charge in [-0.2, -0.15) is 5.26 Å². The molecular weight excluding hydrogens is 341 g/mol. The molecule has 1 fully saturated rings. The van der Waals surface area contributed by atoms with Gasteiger partial charge in [-0.25, -0.2) is 0 Å². The SMILES string of the molecule is COc1ccc2c(N3CCC(COP(O)O)CC3)c(C#N)cnc2c1. The molecule has 1 aliphatic heterocycles. The van der Waals surface area contributed by atoms with Crippen LogP contribution in [-0.4, -0.2) is 41.6 Å². The molecule has 7 nitrogen and oxygen atoms in total. The fourth-order valence-electron chi connectivity index (χ4n) is 3.20. The van der Waals surface area contributed by atoms with Gasteiger partial charge in [-0.15, -0.1) is 0 Å². The quantitative estimate of drug-likeness (QED) is 0.790. The summed E-state index contributed by atoms with van der Waals surface area (Å²) in [6, 6.07) is 7.92. The van der Waals surface area contributed by atoms with Crippen molar-refractivity contribution in [2.75, 3.05) is 31.7 Å². The Morgan fingerprint density at radius 3 is 2.76 bits per heavy atom. The molecule has 0 atom stereocenters. The highest BCUT2D eigenvalue weighted by molar-refractivity contribution is 7.39. The smallest absolute Gasteiger partial charge is 0.327 e. The number of nitrogens with zero attached hydrogens (tertiary/aromatic N) is 3. The van der Waals surface area contributed by atoms with Gasteiger partial charge >= 0.3 is 8.60 Å². The Labute approximate surface area is 147 Å². The van der Waals surface area contributed by atoms with Crippen LogP contribution in [0.15, 0.2) is 24.4 Å². The second-order valence-corrected chi connectivity index (χ2v) is 6.76. The maximum Gasteiger partial charge on any atom is 0.327 e. The van der Waals surface area contributed by atoms with E-state index in [1.165, 1.54) is 0 Å². The lowest BCUT2D eigenvalue weighted by molar-refractivity contribution is 0.194. The van der Waals surface area contributed by atoms with E-state index in [0.717, 1.165) is 48.3 Å². The number of ether oxygens (including phenoxy) is 1. The van der Waals surface area contributed by atoms with Crippen LogP contribution in [0.3, 0.4) is 0 Å². The molecule has 132 valence electrons. The molecule has 2 heterocycles. The first kappa shape index (κ1) is 17.8. The zero-order chi connectivity index (χ0) is 17.8. The molecule has 1 aromatic carbocycles. The van der Waals surface area contributed by atoms with E-state index in [1.807, 2.05) is 18.2 Å². The van der Waals surface area contributed by atoms with Gasteiger partial charge < -0.3 is 23.9 Å². The summed E-state index contributed by atoms with van der Waals surface area (Å²) in [5.41, 5.74) is 2.26. The van der Waals surface area contributed by atoms with E-state index in [-0.39, 0.29) is 0 Å². The third-order valence-electron chi connectivity index (χ3n) is 4.52. The number of hydrogen-bond acceptors (Lipinski definition) is 7. The molecule has 1 aliphatic rings. The van der Waals surface area contributed by atoms with Crippen LogP contribution in [0.5, 0.6) is 5.75 Å². The molecule has 0 spiro atoms. The van der Waals surface area contributed by atoms with E-state index in [1.54, 1.807) is 13.3 Å². The molecule has 0 bridgehead atoms. The Bertz CT molecular complexity index is 785. The summed E-state index contributed by atoms with van der Waals surface area (Å²) in [6.07, 6.45) is 3.35. The zero-order valence-corrected chi connectivity index (χ0v) is 14.8. The molecular formula is C17H20N3O4P. The number of rotatable bonds is 5. The van der Waals surface area contributed by atoms with Gasteiger partial charge in [0, 0.05) is 30.7 Å². The van der Waals surface area contributed by atoms with Crippen molar-refractivity contribution >= 4 is 25.2 Å². The van der Waals surface area contributed by atoms with Crippen molar-refractivity contribution in [3.63, 3.8) is 0 Å². The Balaban J connectivity index is 1.84. The highest BCUT2D eigenvalue weighted by Gasteiger charge is 2.24. The minimum atomic E-state index is -2.29. The maximum atomic E-state index is 9.49. The van der Waals surface area contributed by atoms with Gasteiger partial charge in [-0.1, -0.05) is 0 Å². The maximum absolute atomic E-state index is 9.49. The lowest BCUT2D eigenvalue weighted by atomic mass is 9.96. The highest BCUT2D eigenvalue weighted by atomic mass is 31.2. The highest BCUT2D eigenvalue weighted by Crippen LogP contribution is 2.35. The third-order valence-corrected chi connectivity index (χ3v) is 4.90. The fraction of sp³-hybridized carbons (Fsp3) is 0.412. The van der Waals surface area contributed by atoms with Crippen molar-refractivity contribution in [2.24, 2.45) is 5.92 Å². The van der Waals surface area contributed by atoms with Crippen LogP contribution >= 0.6 is 8.60 Å². The summed E-state index contributed by atoms with van der Waals surface area (Å²) in [4.78, 5) is 24.3. The van der Waals surface area contributed by atoms with Crippen LogP contribution in [0.25, 0.3) is 10.9 Å². The number of fused-ring (bicyclic) bond motifs is 1. The summed E-state index contributed by atoms with van der Waals surface area (Å²) in [5.74, 6) is 1.02. The Morgan fingerprint density at radius 2 is 2.12 bits per heavy atom. The van der Waals surface area contributed by atoms with Crippen molar-refractivity contribution in [1.29, 1.82) is 5.26 Å². The van der Waals surface area contributed by atoms with E-state index < -0.39 is 8.60 Å². The molecule has 0 radical (unpaired) electrons. The van der Waals surface area contributed by atoms with E-state index in [9.17, 15) is 5.26 Å². The Hall–Kier alpha value is -1.97. The number of piperidine rings is 1. The normalized spacial score (nSPS) is 15.6. The average Bonchev–Trinajstić information content (AvgIpc) is 2.65. The predicted octanol–water partition coefficient (Wildman–Crippen LogP) is 2.56. The minimum absolute atomic E-state index is 0.291. The lowest BCUT2D eigenvalue weighted by Crippen LogP contribution is -2.35. The van der Waals surface area contributed by atoms with Crippen LogP contribution in [0.2, 0.25) is 0 Å². The fourth-order valence-corrected chi connectivity index (χ4v) is 3.55. The summed E-state index contributed by atoms with van der Waals surface area (Å²) in [5, 5.41) is 10.4. The average molecular weight is 361 g/mol. The van der Waals surface area contributed by atoms with Crippen molar-refractivity contribution in [3.05, 3.63) is 30.0 Å². The third kappa shape index (κ3) is 4.00. The summed E-state index contributed by atoms with van der Waals surface area (Å²) in [7, 11) is -0.679. The molecule has 2 aromatic rings. The van der Waals surface area contributed by atoms with E-state index in [4.69, 9.17) is 19.0 Å². The standard InChI is InChI=1S/C17H20N3O4P/c1-23-14-2-3-15-16(8-14)19-10-13(9-18)17(15)20-6-4-12(5-7-20)11-24-25(21)22/h2-3,8,10,12,21-22H,4-7,11H2,1H3. The molecule has 0 saturated carbocycles. The number of anilines is 1. The molecule has 1 aromatic heterocycles. The number of hydrogen-bond donors (Lipinski definition) is 2. The zero-order valence-electron chi connectivity index (χ0n) is 13.9. The van der Waals surface area contributed by atoms with Crippen LogP contribution in [0.1, 0.15) is 18.4 Å². The molecule has 8 heteroatoms. The topological polar surface area (TPSA) is 98.8 Å². The molecule has 0 unspecified atom stereocenters. The predicted molar refractivity (Wildman–Crippen MR) is 95.3 cm³/mol. The minimum Gasteiger partial charge on any atom is -0.497 e. The summed E-state index contributed by atoms with van der Waals surface area (Å²) in [6.45, 7) is 1.91. The Morgan fingerprint density at radius 1 is 1.36 bits per heavy atom. The second-order valence-electron chi connectivity index (χ2n) is 5.99. The first-order valence-electron chi connectivity index (χ1n) is 8.05. The van der Waals surface area contributed by atoms with Gasteiger partial charge in [0.15, 0.2) is 0 Å². The van der Waals surface area contributed by atoms with E-state index >= 15 is 0 Å². The van der Waals surface area contributed by atoms with Crippen LogP contribution in [0, 0.1) is 17.2 Å². The molecule has 3 rings (SSSR count). The number of pyridine rings is 1. The molecule has 0 amide bonds. The number of methoxy groups -OCH3 is 1. The Kier molecular flexibility index (Phi) is 5.67. The second kappa shape index (κ2) is 7.94. The summed E-state index contributed by atoms with van der Waals surface area (Å²) >= 11 is 0. The number of benzene rings is 1. The van der Waals surface area contributed by atoms with Crippen LogP contribution in [0.4, 0.5) is 5.69 Å². The van der Waals surface area contributed by atoms with Gasteiger partial charge in [-0.05, 0) is 30.9 Å². The van der Waals surface area contributed by atoms with Gasteiger partial charge in [0.2, 0.25) is 0 Å². The first-order chi connectivity index (χ1) is 12.1. The molecule has 2 N–H and O–H groups in total. The number of nitriles is 1. The van der Waals surface area contributed by atoms with Crippen molar-refractivity contribution in [1.82, 2.24) is 4.98 Å². The summed E-state index contributed by atoms with van der Waals surface area (Å²) < 4.78 is 10.2. The largest absolute Gasteiger partial charge is 0.497 e. The number of aromatic nitrogens is 1. The van der Waals surface area contributed by atoms with Gasteiger partial charge in [-0.3, -0.25) is 4.98 Å².